The molecule has 1 heteroatoms. The van der Waals surface area contributed by atoms with Crippen molar-refractivity contribution < 1.29 is 21.9 Å². The van der Waals surface area contributed by atoms with E-state index in [-0.39, 0.29) is 10.8 Å². The molecule has 0 spiro atoms. The topological polar surface area (TPSA) is 0 Å². The van der Waals surface area contributed by atoms with Gasteiger partial charge in [0.1, 0.15) is 0 Å². The number of rotatable bonds is 4. The number of hydrogen-bond donors (Lipinski definition) is 0. The number of fused-ring (bicyclic) bond motifs is 3. The van der Waals surface area contributed by atoms with Gasteiger partial charge in [0.05, 0.1) is 0 Å². The van der Waals surface area contributed by atoms with Crippen LogP contribution in [0.1, 0.15) is 83.1 Å². The van der Waals surface area contributed by atoms with E-state index in [2.05, 4.69) is 103 Å². The SMILES string of the molecule is C=CCCCC1=C[C](=[Hf]=[C]2c3cc(C(C)(C)C)ccc3-c3ccc(C(C)(C)C)cc32)C=C1. The third-order valence-electron chi connectivity index (χ3n) is 6.56. The van der Waals surface area contributed by atoms with Crippen LogP contribution in [0.25, 0.3) is 11.1 Å². The zero-order valence-electron chi connectivity index (χ0n) is 20.6. The van der Waals surface area contributed by atoms with E-state index in [1.807, 2.05) is 6.08 Å². The van der Waals surface area contributed by atoms with Gasteiger partial charge in [-0.05, 0) is 0 Å². The fourth-order valence-corrected chi connectivity index (χ4v) is 9.52. The van der Waals surface area contributed by atoms with Gasteiger partial charge >= 0.3 is 206 Å². The molecular weight excluding hydrogens is 551 g/mol. The first kappa shape index (κ1) is 23.4. The average molecular weight is 587 g/mol. The summed E-state index contributed by atoms with van der Waals surface area (Å²) in [6, 6.07) is 14.5. The summed E-state index contributed by atoms with van der Waals surface area (Å²) in [5.74, 6) is 0. The maximum absolute atomic E-state index is 3.86. The summed E-state index contributed by atoms with van der Waals surface area (Å²) in [4.78, 5) is 0. The van der Waals surface area contributed by atoms with E-state index >= 15 is 0 Å². The first-order chi connectivity index (χ1) is 15.1. The van der Waals surface area contributed by atoms with E-state index in [0.717, 1.165) is 6.42 Å². The van der Waals surface area contributed by atoms with Gasteiger partial charge in [0, 0.05) is 0 Å². The molecule has 0 heterocycles. The Labute approximate surface area is 205 Å². The second-order valence-corrected chi connectivity index (χ2v) is 16.0. The predicted octanol–water partition coefficient (Wildman–Crippen LogP) is 7.94. The van der Waals surface area contributed by atoms with Crippen LogP contribution in [0.5, 0.6) is 0 Å². The van der Waals surface area contributed by atoms with Crippen LogP contribution < -0.4 is 0 Å². The van der Waals surface area contributed by atoms with Gasteiger partial charge in [-0.1, -0.05) is 0 Å². The van der Waals surface area contributed by atoms with Crippen LogP contribution in [-0.2, 0) is 32.8 Å². The van der Waals surface area contributed by atoms with Crippen LogP contribution >= 0.6 is 0 Å². The van der Waals surface area contributed by atoms with Crippen molar-refractivity contribution in [2.45, 2.75) is 71.6 Å². The molecule has 2 aromatic carbocycles. The zero-order chi connectivity index (χ0) is 23.1. The summed E-state index contributed by atoms with van der Waals surface area (Å²) >= 11 is -1.21. The molecule has 0 nitrogen and oxygen atoms in total. The van der Waals surface area contributed by atoms with Crippen molar-refractivity contribution in [3.8, 4) is 11.1 Å². The Morgan fingerprint density at radius 2 is 1.34 bits per heavy atom. The Kier molecular flexibility index (Phi) is 6.52. The number of hydrogen-bond acceptors (Lipinski definition) is 0. The number of unbranched alkanes of at least 4 members (excludes halogenated alkanes) is 1. The van der Waals surface area contributed by atoms with E-state index in [1.165, 1.54) is 51.8 Å². The van der Waals surface area contributed by atoms with Crippen LogP contribution in [-0.4, -0.2) is 6.51 Å². The molecule has 0 fully saturated rings. The molecular formula is C31H36Hf. The van der Waals surface area contributed by atoms with E-state index in [0.29, 0.717) is 0 Å². The second kappa shape index (κ2) is 8.90. The molecule has 0 amide bonds. The first-order valence-corrected chi connectivity index (χ1v) is 15.5. The van der Waals surface area contributed by atoms with Crippen LogP contribution in [0.15, 0.2) is 72.9 Å². The molecule has 0 aromatic heterocycles. The molecule has 0 unspecified atom stereocenters. The molecule has 32 heavy (non-hydrogen) atoms. The standard InChI is InChI=1S/C21H24.C10H12.Hf/c1-20(2,3)16-7-9-18-14(12-16)11-15-13-17(21(4,5)6)8-10-19(15)18;1-2-3-4-7-10-8-5-6-9-10;/h7-10,12-13H,1-6H3;2,5,8-9H,1,3-4,7H2;. The molecule has 0 radical (unpaired) electrons. The fourth-order valence-electron chi connectivity index (χ4n) is 4.51. The van der Waals surface area contributed by atoms with Gasteiger partial charge in [-0.25, -0.2) is 0 Å². The Morgan fingerprint density at radius 1 is 0.781 bits per heavy atom. The normalized spacial score (nSPS) is 14.9. The molecule has 0 N–H and O–H groups in total. The van der Waals surface area contributed by atoms with Crippen molar-refractivity contribution in [2.75, 3.05) is 0 Å². The number of allylic oxidation sites excluding steroid dienone is 5. The minimum atomic E-state index is -1.21. The molecule has 2 aliphatic carbocycles. The van der Waals surface area contributed by atoms with Gasteiger partial charge in [0.15, 0.2) is 0 Å². The summed E-state index contributed by atoms with van der Waals surface area (Å²) < 4.78 is 3.30. The predicted molar refractivity (Wildman–Crippen MR) is 139 cm³/mol. The quantitative estimate of drug-likeness (QED) is 0.165. The second-order valence-electron chi connectivity index (χ2n) is 11.2. The van der Waals surface area contributed by atoms with Crippen LogP contribution in [0, 0.1) is 0 Å². The van der Waals surface area contributed by atoms with Crippen molar-refractivity contribution in [1.29, 1.82) is 0 Å². The van der Waals surface area contributed by atoms with Crippen LogP contribution in [0.2, 0.25) is 0 Å². The monoisotopic (exact) mass is 588 g/mol. The van der Waals surface area contributed by atoms with Gasteiger partial charge in [-0.15, -0.1) is 0 Å². The first-order valence-electron chi connectivity index (χ1n) is 11.9. The molecule has 0 saturated heterocycles. The van der Waals surface area contributed by atoms with Crippen molar-refractivity contribution in [3.05, 3.63) is 95.1 Å². The van der Waals surface area contributed by atoms with Crippen molar-refractivity contribution in [1.82, 2.24) is 0 Å². The summed E-state index contributed by atoms with van der Waals surface area (Å²) in [6.07, 6.45) is 12.8. The Morgan fingerprint density at radius 3 is 1.84 bits per heavy atom. The van der Waals surface area contributed by atoms with Crippen molar-refractivity contribution in [2.24, 2.45) is 0 Å². The molecule has 4 rings (SSSR count). The summed E-state index contributed by atoms with van der Waals surface area (Å²) in [6.45, 7) is 17.8. The van der Waals surface area contributed by atoms with E-state index in [1.54, 1.807) is 6.51 Å². The van der Waals surface area contributed by atoms with Crippen LogP contribution in [0.3, 0.4) is 0 Å². The third kappa shape index (κ3) is 4.79. The minimum absolute atomic E-state index is 0.165. The Bertz CT molecular complexity index is 1130. The van der Waals surface area contributed by atoms with E-state index < -0.39 is 21.9 Å². The Balaban J connectivity index is 1.89. The van der Waals surface area contributed by atoms with E-state index in [9.17, 15) is 0 Å². The molecule has 0 bridgehead atoms. The van der Waals surface area contributed by atoms with Crippen molar-refractivity contribution in [3.63, 3.8) is 0 Å². The Hall–Kier alpha value is -1.73. The summed E-state index contributed by atoms with van der Waals surface area (Å²) in [5.41, 5.74) is 10.6. The van der Waals surface area contributed by atoms with Crippen LogP contribution in [0.4, 0.5) is 0 Å². The maximum atomic E-state index is 3.86. The molecule has 0 atom stereocenters. The van der Waals surface area contributed by atoms with E-state index in [4.69, 9.17) is 0 Å². The summed E-state index contributed by atoms with van der Waals surface area (Å²) in [5, 5.41) is 0. The molecule has 2 aromatic rings. The van der Waals surface area contributed by atoms with Gasteiger partial charge in [-0.3, -0.25) is 0 Å². The van der Waals surface area contributed by atoms with Gasteiger partial charge in [0.2, 0.25) is 0 Å². The fraction of sp³-hybridized carbons (Fsp3) is 0.355. The number of benzene rings is 2. The molecule has 164 valence electrons. The van der Waals surface area contributed by atoms with Crippen molar-refractivity contribution >= 4 is 6.51 Å². The molecule has 2 aliphatic rings. The summed E-state index contributed by atoms with van der Waals surface area (Å²) in [7, 11) is 0. The third-order valence-corrected chi connectivity index (χ3v) is 11.5. The average Bonchev–Trinajstić information content (AvgIpc) is 3.29. The van der Waals surface area contributed by atoms with Gasteiger partial charge in [-0.2, -0.15) is 0 Å². The molecule has 0 saturated carbocycles. The van der Waals surface area contributed by atoms with Gasteiger partial charge < -0.3 is 0 Å². The van der Waals surface area contributed by atoms with Gasteiger partial charge in [0.25, 0.3) is 0 Å². The molecule has 0 aliphatic heterocycles. The zero-order valence-corrected chi connectivity index (χ0v) is 24.2.